The second kappa shape index (κ2) is 8.17. The monoisotopic (exact) mass is 394 g/mol. The fourth-order valence-electron chi connectivity index (χ4n) is 2.24. The summed E-state index contributed by atoms with van der Waals surface area (Å²) in [7, 11) is 1.34. The molecule has 2 aromatic rings. The normalized spacial score (nSPS) is 16.9. The highest BCUT2D eigenvalue weighted by atomic mass is 32.2. The van der Waals surface area contributed by atoms with Gasteiger partial charge in [-0.1, -0.05) is 6.07 Å². The molecule has 2 aromatic carbocycles. The maximum absolute atomic E-state index is 12.9. The summed E-state index contributed by atoms with van der Waals surface area (Å²) in [6.45, 7) is -3.00. The molecule has 1 aliphatic rings. The molecular formula is C18H13F3N2O3S. The topological polar surface area (TPSA) is 59.9 Å². The summed E-state index contributed by atoms with van der Waals surface area (Å²) in [5, 5.41) is 2.92. The third-order valence-electron chi connectivity index (χ3n) is 3.41. The van der Waals surface area contributed by atoms with Crippen LogP contribution < -0.4 is 14.8 Å². The molecule has 1 saturated heterocycles. The van der Waals surface area contributed by atoms with Crippen molar-refractivity contribution in [3.8, 4) is 11.5 Å². The number of nitrogens with zero attached hydrogens (tertiary/aromatic N) is 1. The van der Waals surface area contributed by atoms with Crippen LogP contribution in [0.4, 0.5) is 18.9 Å². The van der Waals surface area contributed by atoms with Gasteiger partial charge < -0.3 is 14.8 Å². The standard InChI is InChI=1S/C18H13F3N2O3S/c1-25-13-7-2-10(8-14(13)26-17(20)21)9-15-16(24)23-18(27-15)22-12-5-3-11(19)4-6-12/h2-9,17H,1H3,(H,22,23,24)/b15-9-. The second-order valence-corrected chi connectivity index (χ2v) is 6.28. The minimum atomic E-state index is -3.00. The molecule has 0 saturated carbocycles. The Balaban J connectivity index is 1.83. The smallest absolute Gasteiger partial charge is 0.387 e. The van der Waals surface area contributed by atoms with E-state index in [0.717, 1.165) is 11.8 Å². The fourth-order valence-corrected chi connectivity index (χ4v) is 3.08. The van der Waals surface area contributed by atoms with Crippen LogP contribution in [-0.2, 0) is 4.79 Å². The first-order chi connectivity index (χ1) is 12.9. The molecule has 0 unspecified atom stereocenters. The number of thioether (sulfide) groups is 1. The molecule has 3 rings (SSSR count). The van der Waals surface area contributed by atoms with E-state index in [1.165, 1.54) is 49.6 Å². The number of halogens is 3. The highest BCUT2D eigenvalue weighted by molar-refractivity contribution is 8.18. The van der Waals surface area contributed by atoms with Gasteiger partial charge in [0.1, 0.15) is 5.82 Å². The lowest BCUT2D eigenvalue weighted by Crippen LogP contribution is -2.19. The molecule has 0 aromatic heterocycles. The van der Waals surface area contributed by atoms with Gasteiger partial charge in [-0.15, -0.1) is 0 Å². The molecule has 0 spiro atoms. The number of nitrogens with one attached hydrogen (secondary N) is 1. The molecule has 0 aliphatic carbocycles. The van der Waals surface area contributed by atoms with Crippen LogP contribution in [0, 0.1) is 5.82 Å². The summed E-state index contributed by atoms with van der Waals surface area (Å²) in [5.74, 6) is -0.748. The molecule has 0 atom stereocenters. The van der Waals surface area contributed by atoms with E-state index in [2.05, 4.69) is 15.0 Å². The van der Waals surface area contributed by atoms with Crippen LogP contribution in [-0.4, -0.2) is 24.8 Å². The van der Waals surface area contributed by atoms with Gasteiger partial charge in [-0.25, -0.2) is 9.38 Å². The van der Waals surface area contributed by atoms with Crippen LogP contribution in [0.15, 0.2) is 52.4 Å². The molecule has 0 bridgehead atoms. The van der Waals surface area contributed by atoms with E-state index in [0.29, 0.717) is 21.3 Å². The van der Waals surface area contributed by atoms with Gasteiger partial charge in [-0.05, 0) is 59.8 Å². The average Bonchev–Trinajstić information content (AvgIpc) is 2.96. The van der Waals surface area contributed by atoms with Gasteiger partial charge in [0, 0.05) is 0 Å². The van der Waals surface area contributed by atoms with Crippen LogP contribution in [0.5, 0.6) is 11.5 Å². The Morgan fingerprint density at radius 2 is 1.89 bits per heavy atom. The molecule has 1 fully saturated rings. The number of hydrogen-bond acceptors (Lipinski definition) is 5. The summed E-state index contributed by atoms with van der Waals surface area (Å²) < 4.78 is 47.4. The lowest BCUT2D eigenvalue weighted by atomic mass is 10.2. The Morgan fingerprint density at radius 1 is 1.15 bits per heavy atom. The van der Waals surface area contributed by atoms with Crippen molar-refractivity contribution < 1.29 is 27.4 Å². The highest BCUT2D eigenvalue weighted by Crippen LogP contribution is 2.33. The molecule has 1 N–H and O–H groups in total. The van der Waals surface area contributed by atoms with Crippen molar-refractivity contribution in [2.24, 2.45) is 4.99 Å². The van der Waals surface area contributed by atoms with Gasteiger partial charge >= 0.3 is 6.61 Å². The zero-order chi connectivity index (χ0) is 19.4. The number of carbonyl (C=O) groups excluding carboxylic acids is 1. The third-order valence-corrected chi connectivity index (χ3v) is 4.32. The number of ether oxygens (including phenoxy) is 2. The quantitative estimate of drug-likeness (QED) is 0.767. The summed E-state index contributed by atoms with van der Waals surface area (Å²) >= 11 is 1.08. The van der Waals surface area contributed by atoms with Gasteiger partial charge in [0.05, 0.1) is 17.7 Å². The van der Waals surface area contributed by atoms with Crippen LogP contribution in [0.25, 0.3) is 6.08 Å². The summed E-state index contributed by atoms with van der Waals surface area (Å²) in [6.07, 6.45) is 1.52. The van der Waals surface area contributed by atoms with Crippen molar-refractivity contribution in [1.29, 1.82) is 0 Å². The predicted octanol–water partition coefficient (Wildman–Crippen LogP) is 4.33. The number of alkyl halides is 2. The van der Waals surface area contributed by atoms with Crippen LogP contribution in [0.3, 0.4) is 0 Å². The molecule has 1 heterocycles. The fraction of sp³-hybridized carbons (Fsp3) is 0.111. The minimum absolute atomic E-state index is 0.134. The van der Waals surface area contributed by atoms with Crippen LogP contribution in [0.1, 0.15) is 5.56 Å². The van der Waals surface area contributed by atoms with Crippen molar-refractivity contribution in [2.45, 2.75) is 6.61 Å². The van der Waals surface area contributed by atoms with Crippen LogP contribution in [0.2, 0.25) is 0 Å². The maximum atomic E-state index is 12.9. The number of aliphatic imine (C=N–C) groups is 1. The van der Waals surface area contributed by atoms with E-state index in [4.69, 9.17) is 4.74 Å². The molecule has 1 aliphatic heterocycles. The van der Waals surface area contributed by atoms with E-state index in [1.54, 1.807) is 6.07 Å². The van der Waals surface area contributed by atoms with Crippen LogP contribution >= 0.6 is 11.8 Å². The van der Waals surface area contributed by atoms with Crippen molar-refractivity contribution in [3.05, 3.63) is 58.8 Å². The average molecular weight is 394 g/mol. The number of carbonyl (C=O) groups is 1. The molecule has 140 valence electrons. The van der Waals surface area contributed by atoms with E-state index in [1.807, 2.05) is 0 Å². The Morgan fingerprint density at radius 3 is 2.56 bits per heavy atom. The van der Waals surface area contributed by atoms with Crippen molar-refractivity contribution in [1.82, 2.24) is 5.32 Å². The molecule has 5 nitrogen and oxygen atoms in total. The largest absolute Gasteiger partial charge is 0.493 e. The molecule has 0 radical (unpaired) electrons. The van der Waals surface area contributed by atoms with Crippen molar-refractivity contribution >= 4 is 34.6 Å². The van der Waals surface area contributed by atoms with Gasteiger partial charge in [0.25, 0.3) is 5.91 Å². The molecule has 9 heteroatoms. The van der Waals surface area contributed by atoms with Crippen molar-refractivity contribution in [2.75, 3.05) is 7.11 Å². The Bertz CT molecular complexity index is 915. The number of methoxy groups -OCH3 is 1. The lowest BCUT2D eigenvalue weighted by molar-refractivity contribution is -0.115. The highest BCUT2D eigenvalue weighted by Gasteiger charge is 2.24. The third kappa shape index (κ3) is 4.82. The maximum Gasteiger partial charge on any atom is 0.387 e. The first-order valence-electron chi connectivity index (χ1n) is 7.62. The van der Waals surface area contributed by atoms with Gasteiger partial charge in [0.2, 0.25) is 0 Å². The molecular weight excluding hydrogens is 381 g/mol. The molecule has 27 heavy (non-hydrogen) atoms. The van der Waals surface area contributed by atoms with Crippen molar-refractivity contribution in [3.63, 3.8) is 0 Å². The van der Waals surface area contributed by atoms with Gasteiger partial charge in [0.15, 0.2) is 16.7 Å². The first kappa shape index (κ1) is 18.8. The number of amidine groups is 1. The first-order valence-corrected chi connectivity index (χ1v) is 8.44. The van der Waals surface area contributed by atoms with E-state index >= 15 is 0 Å². The number of benzene rings is 2. The number of amides is 1. The predicted molar refractivity (Wildman–Crippen MR) is 96.8 cm³/mol. The minimum Gasteiger partial charge on any atom is -0.493 e. The lowest BCUT2D eigenvalue weighted by Gasteiger charge is -2.10. The Kier molecular flexibility index (Phi) is 5.70. The second-order valence-electron chi connectivity index (χ2n) is 5.25. The Hall–Kier alpha value is -2.94. The number of rotatable bonds is 5. The Labute approximate surface area is 156 Å². The van der Waals surface area contributed by atoms with Gasteiger partial charge in [-0.3, -0.25) is 4.79 Å². The van der Waals surface area contributed by atoms with E-state index in [9.17, 15) is 18.0 Å². The van der Waals surface area contributed by atoms with E-state index in [-0.39, 0.29) is 23.2 Å². The zero-order valence-electron chi connectivity index (χ0n) is 13.9. The molecule has 1 amide bonds. The SMILES string of the molecule is COc1ccc(/C=C2\SC(=Nc3ccc(F)cc3)NC2=O)cc1OC(F)F. The number of hydrogen-bond donors (Lipinski definition) is 1. The summed E-state index contributed by atoms with van der Waals surface area (Å²) in [6, 6.07) is 9.91. The zero-order valence-corrected chi connectivity index (χ0v) is 14.7. The van der Waals surface area contributed by atoms with Gasteiger partial charge in [-0.2, -0.15) is 8.78 Å². The summed E-state index contributed by atoms with van der Waals surface area (Å²) in [4.78, 5) is 16.6. The van der Waals surface area contributed by atoms with E-state index < -0.39 is 6.61 Å². The summed E-state index contributed by atoms with van der Waals surface area (Å²) in [5.41, 5.74) is 0.963.